The minimum Gasteiger partial charge on any atom is -0.310 e. The predicted octanol–water partition coefficient (Wildman–Crippen LogP) is 3.64. The standard InChI is InChI=1S/C14H21NS/c1-9-5-13(10(2)16-9)8-15-14-7-11-3-4-12(14)6-11/h5,11-12,14-15H,3-4,6-8H2,1-2H3. The Morgan fingerprint density at radius 2 is 2.19 bits per heavy atom. The van der Waals surface area contributed by atoms with Gasteiger partial charge in [-0.3, -0.25) is 0 Å². The molecule has 2 heteroatoms. The second kappa shape index (κ2) is 4.15. The number of nitrogens with one attached hydrogen (secondary N) is 1. The summed E-state index contributed by atoms with van der Waals surface area (Å²) < 4.78 is 0. The lowest BCUT2D eigenvalue weighted by molar-refractivity contribution is 0.350. The summed E-state index contributed by atoms with van der Waals surface area (Å²) >= 11 is 1.93. The van der Waals surface area contributed by atoms with Gasteiger partial charge in [-0.2, -0.15) is 0 Å². The van der Waals surface area contributed by atoms with E-state index in [2.05, 4.69) is 25.2 Å². The molecular weight excluding hydrogens is 214 g/mol. The van der Waals surface area contributed by atoms with E-state index in [0.29, 0.717) is 0 Å². The van der Waals surface area contributed by atoms with E-state index in [1.165, 1.54) is 41.0 Å². The van der Waals surface area contributed by atoms with Crippen LogP contribution in [0.25, 0.3) is 0 Å². The molecule has 2 aliphatic carbocycles. The summed E-state index contributed by atoms with van der Waals surface area (Å²) in [4.78, 5) is 2.94. The number of rotatable bonds is 3. The van der Waals surface area contributed by atoms with E-state index in [9.17, 15) is 0 Å². The van der Waals surface area contributed by atoms with Crippen molar-refractivity contribution in [3.63, 3.8) is 0 Å². The molecule has 16 heavy (non-hydrogen) atoms. The first-order valence-electron chi connectivity index (χ1n) is 6.51. The monoisotopic (exact) mass is 235 g/mol. The Labute approximate surface area is 102 Å². The molecule has 88 valence electrons. The zero-order valence-corrected chi connectivity index (χ0v) is 11.1. The topological polar surface area (TPSA) is 12.0 Å². The molecule has 1 heterocycles. The molecule has 2 saturated carbocycles. The van der Waals surface area contributed by atoms with Gasteiger partial charge in [-0.1, -0.05) is 6.42 Å². The maximum absolute atomic E-state index is 3.79. The van der Waals surface area contributed by atoms with Crippen molar-refractivity contribution in [2.75, 3.05) is 0 Å². The quantitative estimate of drug-likeness (QED) is 0.843. The van der Waals surface area contributed by atoms with Gasteiger partial charge >= 0.3 is 0 Å². The summed E-state index contributed by atoms with van der Waals surface area (Å²) in [7, 11) is 0. The molecule has 2 aliphatic rings. The normalized spacial score (nSPS) is 32.5. The maximum atomic E-state index is 3.79. The Balaban J connectivity index is 1.59. The molecule has 1 N–H and O–H groups in total. The van der Waals surface area contributed by atoms with Crippen LogP contribution in [0.3, 0.4) is 0 Å². The van der Waals surface area contributed by atoms with Crippen LogP contribution in [-0.2, 0) is 6.54 Å². The van der Waals surface area contributed by atoms with E-state index in [-0.39, 0.29) is 0 Å². The molecule has 0 amide bonds. The number of fused-ring (bicyclic) bond motifs is 2. The molecule has 0 radical (unpaired) electrons. The lowest BCUT2D eigenvalue weighted by atomic mass is 9.95. The number of aryl methyl sites for hydroxylation is 2. The molecule has 0 aliphatic heterocycles. The van der Waals surface area contributed by atoms with Crippen LogP contribution < -0.4 is 5.32 Å². The van der Waals surface area contributed by atoms with Gasteiger partial charge in [0, 0.05) is 22.3 Å². The first-order valence-corrected chi connectivity index (χ1v) is 7.33. The third-order valence-corrected chi connectivity index (χ3v) is 5.44. The molecule has 3 atom stereocenters. The van der Waals surface area contributed by atoms with Gasteiger partial charge in [0.2, 0.25) is 0 Å². The van der Waals surface area contributed by atoms with Gasteiger partial charge in [-0.15, -0.1) is 11.3 Å². The van der Waals surface area contributed by atoms with E-state index < -0.39 is 0 Å². The van der Waals surface area contributed by atoms with E-state index in [0.717, 1.165) is 24.4 Å². The summed E-state index contributed by atoms with van der Waals surface area (Å²) in [6.45, 7) is 5.54. The smallest absolute Gasteiger partial charge is 0.0219 e. The molecule has 1 nitrogen and oxygen atoms in total. The zero-order chi connectivity index (χ0) is 11.1. The molecule has 3 unspecified atom stereocenters. The van der Waals surface area contributed by atoms with Gasteiger partial charge in [0.05, 0.1) is 0 Å². The van der Waals surface area contributed by atoms with Gasteiger partial charge in [-0.25, -0.2) is 0 Å². The van der Waals surface area contributed by atoms with Crippen molar-refractivity contribution in [2.45, 2.75) is 52.1 Å². The summed E-state index contributed by atoms with van der Waals surface area (Å²) in [6.07, 6.45) is 5.91. The molecule has 3 rings (SSSR count). The molecule has 0 spiro atoms. The molecule has 1 aromatic heterocycles. The SMILES string of the molecule is Cc1cc(CNC2CC3CCC2C3)c(C)s1. The molecule has 2 bridgehead atoms. The van der Waals surface area contributed by atoms with E-state index >= 15 is 0 Å². The van der Waals surface area contributed by atoms with Crippen molar-refractivity contribution < 1.29 is 0 Å². The predicted molar refractivity (Wildman–Crippen MR) is 69.9 cm³/mol. The second-order valence-electron chi connectivity index (χ2n) is 5.60. The van der Waals surface area contributed by atoms with Crippen molar-refractivity contribution in [1.29, 1.82) is 0 Å². The lowest BCUT2D eigenvalue weighted by Crippen LogP contribution is -2.33. The molecule has 0 saturated heterocycles. The van der Waals surface area contributed by atoms with Crippen LogP contribution in [0, 0.1) is 25.7 Å². The van der Waals surface area contributed by atoms with E-state index in [1.807, 2.05) is 11.3 Å². The fourth-order valence-electron chi connectivity index (χ4n) is 3.59. The minimum atomic E-state index is 0.818. The van der Waals surface area contributed by atoms with Crippen molar-refractivity contribution in [2.24, 2.45) is 11.8 Å². The minimum absolute atomic E-state index is 0.818. The lowest BCUT2D eigenvalue weighted by Gasteiger charge is -2.22. The van der Waals surface area contributed by atoms with E-state index in [1.54, 1.807) is 0 Å². The highest BCUT2D eigenvalue weighted by Gasteiger charge is 2.38. The molecule has 0 aromatic carbocycles. The highest BCUT2D eigenvalue weighted by Crippen LogP contribution is 2.44. The Hall–Kier alpha value is -0.340. The second-order valence-corrected chi connectivity index (χ2v) is 7.06. The number of thiophene rings is 1. The van der Waals surface area contributed by atoms with Crippen LogP contribution in [0.15, 0.2) is 6.07 Å². The first kappa shape index (κ1) is 10.8. The first-order chi connectivity index (χ1) is 7.72. The number of hydrogen-bond donors (Lipinski definition) is 1. The van der Waals surface area contributed by atoms with Gasteiger partial charge < -0.3 is 5.32 Å². The van der Waals surface area contributed by atoms with Crippen LogP contribution in [0.1, 0.15) is 41.0 Å². The Bertz CT molecular complexity index is 382. The highest BCUT2D eigenvalue weighted by molar-refractivity contribution is 7.12. The van der Waals surface area contributed by atoms with Crippen LogP contribution in [0.2, 0.25) is 0 Å². The zero-order valence-electron chi connectivity index (χ0n) is 10.3. The van der Waals surface area contributed by atoms with Crippen LogP contribution >= 0.6 is 11.3 Å². The molecule has 2 fully saturated rings. The van der Waals surface area contributed by atoms with E-state index in [4.69, 9.17) is 0 Å². The highest BCUT2D eigenvalue weighted by atomic mass is 32.1. The molecule has 1 aromatic rings. The average molecular weight is 235 g/mol. The van der Waals surface area contributed by atoms with Gasteiger partial charge in [0.25, 0.3) is 0 Å². The van der Waals surface area contributed by atoms with Crippen LogP contribution in [0.4, 0.5) is 0 Å². The third kappa shape index (κ3) is 1.93. The summed E-state index contributed by atoms with van der Waals surface area (Å²) in [5.41, 5.74) is 1.52. The van der Waals surface area contributed by atoms with Crippen LogP contribution in [-0.4, -0.2) is 6.04 Å². The van der Waals surface area contributed by atoms with Crippen molar-refractivity contribution >= 4 is 11.3 Å². The summed E-state index contributed by atoms with van der Waals surface area (Å²) in [6, 6.07) is 3.17. The summed E-state index contributed by atoms with van der Waals surface area (Å²) in [5, 5.41) is 3.79. The largest absolute Gasteiger partial charge is 0.310 e. The van der Waals surface area contributed by atoms with Crippen molar-refractivity contribution in [1.82, 2.24) is 5.32 Å². The van der Waals surface area contributed by atoms with Crippen LogP contribution in [0.5, 0.6) is 0 Å². The Morgan fingerprint density at radius 1 is 1.31 bits per heavy atom. The van der Waals surface area contributed by atoms with Gasteiger partial charge in [0.15, 0.2) is 0 Å². The number of hydrogen-bond acceptors (Lipinski definition) is 2. The van der Waals surface area contributed by atoms with Crippen molar-refractivity contribution in [3.8, 4) is 0 Å². The van der Waals surface area contributed by atoms with Crippen molar-refractivity contribution in [3.05, 3.63) is 21.4 Å². The summed E-state index contributed by atoms with van der Waals surface area (Å²) in [5.74, 6) is 2.04. The third-order valence-electron chi connectivity index (χ3n) is 4.44. The fraction of sp³-hybridized carbons (Fsp3) is 0.714. The maximum Gasteiger partial charge on any atom is 0.0219 e. The molecular formula is C14H21NS. The van der Waals surface area contributed by atoms with Gasteiger partial charge in [0.1, 0.15) is 0 Å². The van der Waals surface area contributed by atoms with Gasteiger partial charge in [-0.05, 0) is 56.6 Å². The average Bonchev–Trinajstić information content (AvgIpc) is 2.91. The fourth-order valence-corrected chi connectivity index (χ4v) is 4.54. The Kier molecular flexibility index (Phi) is 2.80. The Morgan fingerprint density at radius 3 is 2.75 bits per heavy atom.